The molecule has 7 heteroatoms. The van der Waals surface area contributed by atoms with Crippen LogP contribution in [-0.2, 0) is 6.18 Å². The smallest absolute Gasteiger partial charge is 0.384 e. The Morgan fingerprint density at radius 2 is 2.05 bits per heavy atom. The van der Waals surface area contributed by atoms with Gasteiger partial charge in [0.2, 0.25) is 0 Å². The Morgan fingerprint density at radius 1 is 1.37 bits per heavy atom. The molecule has 0 aliphatic heterocycles. The van der Waals surface area contributed by atoms with Gasteiger partial charge in [0.05, 0.1) is 5.56 Å². The fraction of sp³-hybridized carbons (Fsp3) is 0.167. The molecule has 0 bridgehead atoms. The van der Waals surface area contributed by atoms with Crippen molar-refractivity contribution in [2.45, 2.75) is 13.1 Å². The molecule has 1 heterocycles. The summed E-state index contributed by atoms with van der Waals surface area (Å²) >= 11 is 0. The van der Waals surface area contributed by atoms with Crippen molar-refractivity contribution >= 4 is 5.84 Å². The number of nitrogens with two attached hydrogens (primary N) is 1. The van der Waals surface area contributed by atoms with E-state index in [1.54, 1.807) is 13.1 Å². The molecule has 0 saturated carbocycles. The van der Waals surface area contributed by atoms with Crippen molar-refractivity contribution in [2.75, 3.05) is 0 Å². The first-order valence-corrected chi connectivity index (χ1v) is 5.36. The number of hydrogen-bond donors (Lipinski definition) is 2. The van der Waals surface area contributed by atoms with E-state index in [2.05, 4.69) is 4.98 Å². The number of nitrogens with zero attached hydrogens (tertiary/aromatic N) is 2. The molecule has 0 aliphatic rings. The molecule has 0 amide bonds. The zero-order valence-corrected chi connectivity index (χ0v) is 9.99. The van der Waals surface area contributed by atoms with E-state index in [9.17, 15) is 13.2 Å². The summed E-state index contributed by atoms with van der Waals surface area (Å²) in [4.78, 5) is 3.96. The highest BCUT2D eigenvalue weighted by Gasteiger charge is 2.34. The van der Waals surface area contributed by atoms with Crippen LogP contribution in [-0.4, -0.2) is 15.4 Å². The monoisotopic (exact) mass is 268 g/mol. The molecule has 0 fully saturated rings. The fourth-order valence-corrected chi connectivity index (χ4v) is 1.80. The molecular formula is C12H11F3N4. The number of amidine groups is 1. The molecule has 0 aliphatic carbocycles. The number of rotatable bonds is 2. The molecule has 0 radical (unpaired) electrons. The lowest BCUT2D eigenvalue weighted by molar-refractivity contribution is -0.137. The Labute approximate surface area is 107 Å². The molecule has 0 saturated heterocycles. The van der Waals surface area contributed by atoms with Crippen LogP contribution in [0.2, 0.25) is 0 Å². The van der Waals surface area contributed by atoms with Crippen LogP contribution in [0, 0.1) is 12.3 Å². The van der Waals surface area contributed by atoms with Crippen molar-refractivity contribution in [2.24, 2.45) is 5.73 Å². The predicted molar refractivity (Wildman–Crippen MR) is 64.3 cm³/mol. The van der Waals surface area contributed by atoms with Gasteiger partial charge in [0, 0.05) is 23.6 Å². The predicted octanol–water partition coefficient (Wildman–Crippen LogP) is 2.48. The first kappa shape index (κ1) is 13.1. The normalized spacial score (nSPS) is 11.6. The SMILES string of the molecule is Cc1nccn1-c1ccc(C(=N)N)c(C(F)(F)F)c1. The first-order chi connectivity index (χ1) is 8.80. The van der Waals surface area contributed by atoms with Crippen LogP contribution in [0.5, 0.6) is 0 Å². The number of nitrogens with one attached hydrogen (secondary N) is 1. The van der Waals surface area contributed by atoms with Gasteiger partial charge < -0.3 is 10.3 Å². The third kappa shape index (κ3) is 2.44. The van der Waals surface area contributed by atoms with Crippen LogP contribution in [0.1, 0.15) is 17.0 Å². The lowest BCUT2D eigenvalue weighted by Crippen LogP contribution is -2.19. The average Bonchev–Trinajstić information content (AvgIpc) is 2.73. The molecule has 2 rings (SSSR count). The van der Waals surface area contributed by atoms with Crippen molar-refractivity contribution in [1.29, 1.82) is 5.41 Å². The van der Waals surface area contributed by atoms with Crippen LogP contribution >= 0.6 is 0 Å². The van der Waals surface area contributed by atoms with Crippen molar-refractivity contribution in [3.8, 4) is 5.69 Å². The number of halogens is 3. The van der Waals surface area contributed by atoms with Gasteiger partial charge in [0.25, 0.3) is 0 Å². The van der Waals surface area contributed by atoms with Crippen molar-refractivity contribution < 1.29 is 13.2 Å². The minimum absolute atomic E-state index is 0.325. The first-order valence-electron chi connectivity index (χ1n) is 5.36. The van der Waals surface area contributed by atoms with Crippen LogP contribution in [0.3, 0.4) is 0 Å². The van der Waals surface area contributed by atoms with Crippen LogP contribution in [0.4, 0.5) is 13.2 Å². The Kier molecular flexibility index (Phi) is 3.05. The minimum atomic E-state index is -4.56. The van der Waals surface area contributed by atoms with Gasteiger partial charge in [-0.2, -0.15) is 13.2 Å². The van der Waals surface area contributed by atoms with Gasteiger partial charge in [-0.25, -0.2) is 4.98 Å². The topological polar surface area (TPSA) is 67.7 Å². The molecule has 2 aromatic rings. The van der Waals surface area contributed by atoms with Gasteiger partial charge >= 0.3 is 6.18 Å². The number of benzene rings is 1. The van der Waals surface area contributed by atoms with E-state index in [4.69, 9.17) is 11.1 Å². The van der Waals surface area contributed by atoms with Gasteiger partial charge in [0.1, 0.15) is 11.7 Å². The molecule has 3 N–H and O–H groups in total. The highest BCUT2D eigenvalue weighted by molar-refractivity contribution is 5.96. The van der Waals surface area contributed by atoms with Crippen molar-refractivity contribution in [1.82, 2.24) is 9.55 Å². The number of imidazole rings is 1. The van der Waals surface area contributed by atoms with Gasteiger partial charge in [-0.1, -0.05) is 0 Å². The Balaban J connectivity index is 2.63. The number of nitrogen functional groups attached to an aromatic ring is 1. The standard InChI is InChI=1S/C12H11F3N4/c1-7-18-4-5-19(7)8-2-3-9(11(16)17)10(6-8)12(13,14)15/h2-6H,1H3,(H3,16,17). The Bertz CT molecular complexity index is 628. The molecule has 1 aromatic heterocycles. The van der Waals surface area contributed by atoms with Crippen LogP contribution < -0.4 is 5.73 Å². The summed E-state index contributed by atoms with van der Waals surface area (Å²) in [7, 11) is 0. The van der Waals surface area contributed by atoms with E-state index >= 15 is 0 Å². The van der Waals surface area contributed by atoms with Gasteiger partial charge in [0.15, 0.2) is 0 Å². The van der Waals surface area contributed by atoms with E-state index < -0.39 is 17.6 Å². The fourth-order valence-electron chi connectivity index (χ4n) is 1.80. The summed E-state index contributed by atoms with van der Waals surface area (Å²) in [5.74, 6) is -0.0371. The molecule has 0 atom stereocenters. The second-order valence-corrected chi connectivity index (χ2v) is 3.99. The van der Waals surface area contributed by atoms with Gasteiger partial charge in [-0.3, -0.25) is 5.41 Å². The lowest BCUT2D eigenvalue weighted by atomic mass is 10.1. The van der Waals surface area contributed by atoms with Crippen molar-refractivity contribution in [3.63, 3.8) is 0 Å². The lowest BCUT2D eigenvalue weighted by Gasteiger charge is -2.14. The molecule has 0 spiro atoms. The maximum Gasteiger partial charge on any atom is 0.417 e. The van der Waals surface area contributed by atoms with E-state index in [0.717, 1.165) is 6.07 Å². The van der Waals surface area contributed by atoms with E-state index in [1.807, 2.05) is 0 Å². The highest BCUT2D eigenvalue weighted by atomic mass is 19.4. The second-order valence-electron chi connectivity index (χ2n) is 3.99. The molecule has 100 valence electrons. The zero-order chi connectivity index (χ0) is 14.2. The largest absolute Gasteiger partial charge is 0.417 e. The molecule has 0 unspecified atom stereocenters. The minimum Gasteiger partial charge on any atom is -0.384 e. The molecule has 19 heavy (non-hydrogen) atoms. The summed E-state index contributed by atoms with van der Waals surface area (Å²) in [5.41, 5.74) is 4.25. The summed E-state index contributed by atoms with van der Waals surface area (Å²) < 4.78 is 40.4. The van der Waals surface area contributed by atoms with Crippen LogP contribution in [0.25, 0.3) is 5.69 Å². The number of aromatic nitrogens is 2. The maximum atomic E-state index is 13.0. The summed E-state index contributed by atoms with van der Waals surface area (Å²) in [5, 5.41) is 7.20. The Morgan fingerprint density at radius 3 is 2.53 bits per heavy atom. The van der Waals surface area contributed by atoms with E-state index in [1.165, 1.54) is 22.9 Å². The van der Waals surface area contributed by atoms with E-state index in [-0.39, 0.29) is 5.56 Å². The van der Waals surface area contributed by atoms with Gasteiger partial charge in [-0.15, -0.1) is 0 Å². The molecule has 1 aromatic carbocycles. The highest BCUT2D eigenvalue weighted by Crippen LogP contribution is 2.33. The quantitative estimate of drug-likeness (QED) is 0.649. The summed E-state index contributed by atoms with van der Waals surface area (Å²) in [6.07, 6.45) is -1.49. The number of hydrogen-bond acceptors (Lipinski definition) is 2. The average molecular weight is 268 g/mol. The van der Waals surface area contributed by atoms with E-state index in [0.29, 0.717) is 11.5 Å². The number of aryl methyl sites for hydroxylation is 1. The third-order valence-corrected chi connectivity index (χ3v) is 2.70. The maximum absolute atomic E-state index is 13.0. The molecule has 4 nitrogen and oxygen atoms in total. The second kappa shape index (κ2) is 4.42. The van der Waals surface area contributed by atoms with Crippen molar-refractivity contribution in [3.05, 3.63) is 47.5 Å². The zero-order valence-electron chi connectivity index (χ0n) is 9.99. The van der Waals surface area contributed by atoms with Crippen LogP contribution in [0.15, 0.2) is 30.6 Å². The molecular weight excluding hydrogens is 257 g/mol. The Hall–Kier alpha value is -2.31. The third-order valence-electron chi connectivity index (χ3n) is 2.70. The number of alkyl halides is 3. The summed E-state index contributed by atoms with van der Waals surface area (Å²) in [6, 6.07) is 3.63. The van der Waals surface area contributed by atoms with Gasteiger partial charge in [-0.05, 0) is 25.1 Å². The summed E-state index contributed by atoms with van der Waals surface area (Å²) in [6.45, 7) is 1.69.